The van der Waals surface area contributed by atoms with Gasteiger partial charge >= 0.3 is 0 Å². The number of nitrogens with zero attached hydrogens (tertiary/aromatic N) is 3. The highest BCUT2D eigenvalue weighted by Crippen LogP contribution is 2.16. The van der Waals surface area contributed by atoms with Crippen LogP contribution in [0.5, 0.6) is 0 Å². The molecule has 1 aliphatic rings. The van der Waals surface area contributed by atoms with Crippen molar-refractivity contribution in [3.63, 3.8) is 0 Å². The average molecular weight is 312 g/mol. The fraction of sp³-hybridized carbons (Fsp3) is 0.444. The molecule has 0 atom stereocenters. The van der Waals surface area contributed by atoms with Crippen molar-refractivity contribution in [3.8, 4) is 0 Å². The van der Waals surface area contributed by atoms with Gasteiger partial charge in [0.15, 0.2) is 0 Å². The Bertz CT molecular complexity index is 669. The number of piperidine rings is 1. The molecule has 3 rings (SSSR count). The number of rotatable bonds is 4. The lowest BCUT2D eigenvalue weighted by molar-refractivity contribution is 0.102. The standard InChI is InChI=1S/C18H24N4O/c1-14-17(13-21(2)20-14)18(23)19-16-8-6-15(7-9-16)12-22-10-4-3-5-11-22/h6-9,13H,3-5,10-12H2,1-2H3,(H,19,23). The smallest absolute Gasteiger partial charge is 0.259 e. The number of benzene rings is 1. The molecular weight excluding hydrogens is 288 g/mol. The Morgan fingerprint density at radius 1 is 1.17 bits per heavy atom. The Hall–Kier alpha value is -2.14. The maximum absolute atomic E-state index is 12.3. The first kappa shape index (κ1) is 15.7. The van der Waals surface area contributed by atoms with Gasteiger partial charge < -0.3 is 5.32 Å². The van der Waals surface area contributed by atoms with E-state index in [0.717, 1.165) is 17.9 Å². The van der Waals surface area contributed by atoms with Crippen molar-refractivity contribution in [1.82, 2.24) is 14.7 Å². The van der Waals surface area contributed by atoms with Gasteiger partial charge in [0.25, 0.3) is 5.91 Å². The summed E-state index contributed by atoms with van der Waals surface area (Å²) in [7, 11) is 1.82. The molecular formula is C18H24N4O. The molecule has 0 spiro atoms. The highest BCUT2D eigenvalue weighted by Gasteiger charge is 2.13. The third kappa shape index (κ3) is 3.99. The first-order valence-electron chi connectivity index (χ1n) is 8.25. The largest absolute Gasteiger partial charge is 0.322 e. The molecule has 122 valence electrons. The highest BCUT2D eigenvalue weighted by molar-refractivity contribution is 6.04. The van der Waals surface area contributed by atoms with E-state index in [1.165, 1.54) is 37.9 Å². The molecule has 2 aromatic rings. The molecule has 1 aliphatic heterocycles. The van der Waals surface area contributed by atoms with Gasteiger partial charge in [-0.15, -0.1) is 0 Å². The molecule has 1 amide bonds. The lowest BCUT2D eigenvalue weighted by atomic mass is 10.1. The van der Waals surface area contributed by atoms with E-state index in [0.29, 0.717) is 5.56 Å². The van der Waals surface area contributed by atoms with E-state index in [1.807, 2.05) is 26.1 Å². The normalized spacial score (nSPS) is 15.6. The van der Waals surface area contributed by atoms with Crippen LogP contribution in [-0.2, 0) is 13.6 Å². The lowest BCUT2D eigenvalue weighted by Gasteiger charge is -2.26. The van der Waals surface area contributed by atoms with Crippen LogP contribution < -0.4 is 5.32 Å². The zero-order valence-electron chi connectivity index (χ0n) is 13.9. The molecule has 1 N–H and O–H groups in total. The van der Waals surface area contributed by atoms with E-state index in [4.69, 9.17) is 0 Å². The van der Waals surface area contributed by atoms with Crippen LogP contribution in [0.4, 0.5) is 5.69 Å². The summed E-state index contributed by atoms with van der Waals surface area (Å²) in [4.78, 5) is 14.8. The van der Waals surface area contributed by atoms with Crippen molar-refractivity contribution in [3.05, 3.63) is 47.3 Å². The molecule has 5 nitrogen and oxygen atoms in total. The summed E-state index contributed by atoms with van der Waals surface area (Å²) in [5, 5.41) is 7.14. The van der Waals surface area contributed by atoms with E-state index >= 15 is 0 Å². The van der Waals surface area contributed by atoms with Crippen molar-refractivity contribution in [2.45, 2.75) is 32.7 Å². The molecule has 0 aliphatic carbocycles. The van der Waals surface area contributed by atoms with Gasteiger partial charge in [-0.05, 0) is 50.6 Å². The van der Waals surface area contributed by atoms with Crippen LogP contribution in [-0.4, -0.2) is 33.7 Å². The molecule has 0 radical (unpaired) electrons. The summed E-state index contributed by atoms with van der Waals surface area (Å²) < 4.78 is 1.66. The number of anilines is 1. The molecule has 1 saturated heterocycles. The number of likely N-dealkylation sites (tertiary alicyclic amines) is 1. The van der Waals surface area contributed by atoms with Crippen molar-refractivity contribution in [1.29, 1.82) is 0 Å². The van der Waals surface area contributed by atoms with Gasteiger partial charge in [0, 0.05) is 25.5 Å². The van der Waals surface area contributed by atoms with Crippen LogP contribution in [0.1, 0.15) is 40.9 Å². The predicted molar refractivity (Wildman–Crippen MR) is 91.5 cm³/mol. The monoisotopic (exact) mass is 312 g/mol. The number of nitrogens with one attached hydrogen (secondary N) is 1. The van der Waals surface area contributed by atoms with Crippen LogP contribution >= 0.6 is 0 Å². The summed E-state index contributed by atoms with van der Waals surface area (Å²) in [6.07, 6.45) is 5.71. The Morgan fingerprint density at radius 3 is 2.48 bits per heavy atom. The molecule has 1 aromatic heterocycles. The maximum Gasteiger partial charge on any atom is 0.259 e. The first-order valence-corrected chi connectivity index (χ1v) is 8.25. The summed E-state index contributed by atoms with van der Waals surface area (Å²) in [6.45, 7) is 5.23. The number of aryl methyl sites for hydroxylation is 2. The SMILES string of the molecule is Cc1nn(C)cc1C(=O)Nc1ccc(CN2CCCCC2)cc1. The van der Waals surface area contributed by atoms with Gasteiger partial charge in [-0.3, -0.25) is 14.4 Å². The van der Waals surface area contributed by atoms with Crippen molar-refractivity contribution in [2.24, 2.45) is 7.05 Å². The second-order valence-electron chi connectivity index (χ2n) is 6.29. The second-order valence-corrected chi connectivity index (χ2v) is 6.29. The minimum atomic E-state index is -0.112. The molecule has 0 unspecified atom stereocenters. The lowest BCUT2D eigenvalue weighted by Crippen LogP contribution is -2.29. The molecule has 1 aromatic carbocycles. The highest BCUT2D eigenvalue weighted by atomic mass is 16.1. The van der Waals surface area contributed by atoms with Crippen LogP contribution in [0.25, 0.3) is 0 Å². The molecule has 0 bridgehead atoms. The van der Waals surface area contributed by atoms with Gasteiger partial charge in [-0.25, -0.2) is 0 Å². The molecule has 2 heterocycles. The van der Waals surface area contributed by atoms with Gasteiger partial charge in [0.2, 0.25) is 0 Å². The van der Waals surface area contributed by atoms with E-state index in [-0.39, 0.29) is 5.91 Å². The van der Waals surface area contributed by atoms with Crippen molar-refractivity contribution < 1.29 is 4.79 Å². The number of hydrogen-bond donors (Lipinski definition) is 1. The molecule has 0 saturated carbocycles. The van der Waals surface area contributed by atoms with E-state index < -0.39 is 0 Å². The summed E-state index contributed by atoms with van der Waals surface area (Å²) in [5.41, 5.74) is 3.47. The van der Waals surface area contributed by atoms with E-state index in [2.05, 4.69) is 27.4 Å². The van der Waals surface area contributed by atoms with Crippen LogP contribution in [0.15, 0.2) is 30.5 Å². The number of carbonyl (C=O) groups is 1. The van der Waals surface area contributed by atoms with Crippen molar-refractivity contribution >= 4 is 11.6 Å². The maximum atomic E-state index is 12.3. The fourth-order valence-corrected chi connectivity index (χ4v) is 3.09. The Kier molecular flexibility index (Phi) is 4.76. The second kappa shape index (κ2) is 6.96. The quantitative estimate of drug-likeness (QED) is 0.944. The fourth-order valence-electron chi connectivity index (χ4n) is 3.09. The van der Waals surface area contributed by atoms with Gasteiger partial charge in [0.05, 0.1) is 11.3 Å². The number of carbonyl (C=O) groups excluding carboxylic acids is 1. The number of amides is 1. The Morgan fingerprint density at radius 2 is 1.87 bits per heavy atom. The van der Waals surface area contributed by atoms with Crippen LogP contribution in [0.2, 0.25) is 0 Å². The zero-order chi connectivity index (χ0) is 16.2. The third-order valence-corrected chi connectivity index (χ3v) is 4.32. The van der Waals surface area contributed by atoms with Crippen LogP contribution in [0.3, 0.4) is 0 Å². The summed E-state index contributed by atoms with van der Waals surface area (Å²) >= 11 is 0. The zero-order valence-corrected chi connectivity index (χ0v) is 13.9. The number of aromatic nitrogens is 2. The minimum absolute atomic E-state index is 0.112. The first-order chi connectivity index (χ1) is 11.1. The van der Waals surface area contributed by atoms with Gasteiger partial charge in [0.1, 0.15) is 0 Å². The topological polar surface area (TPSA) is 50.2 Å². The van der Waals surface area contributed by atoms with Gasteiger partial charge in [-0.2, -0.15) is 5.10 Å². The number of hydrogen-bond acceptors (Lipinski definition) is 3. The average Bonchev–Trinajstić information content (AvgIpc) is 2.89. The molecule has 1 fully saturated rings. The van der Waals surface area contributed by atoms with E-state index in [1.54, 1.807) is 10.9 Å². The minimum Gasteiger partial charge on any atom is -0.322 e. The molecule has 5 heteroatoms. The predicted octanol–water partition coefficient (Wildman–Crippen LogP) is 2.97. The third-order valence-electron chi connectivity index (χ3n) is 4.32. The van der Waals surface area contributed by atoms with Crippen LogP contribution in [0, 0.1) is 6.92 Å². The summed E-state index contributed by atoms with van der Waals surface area (Å²) in [6, 6.07) is 8.15. The molecule has 23 heavy (non-hydrogen) atoms. The van der Waals surface area contributed by atoms with Crippen molar-refractivity contribution in [2.75, 3.05) is 18.4 Å². The van der Waals surface area contributed by atoms with E-state index in [9.17, 15) is 4.79 Å². The Labute approximate surface area is 137 Å². The summed E-state index contributed by atoms with van der Waals surface area (Å²) in [5.74, 6) is -0.112. The Balaban J connectivity index is 1.60. The van der Waals surface area contributed by atoms with Gasteiger partial charge in [-0.1, -0.05) is 18.6 Å².